The fourth-order valence-corrected chi connectivity index (χ4v) is 2.85. The van der Waals surface area contributed by atoms with Gasteiger partial charge in [0.05, 0.1) is 0 Å². The number of aromatic amines is 1. The summed E-state index contributed by atoms with van der Waals surface area (Å²) in [4.78, 5) is 28.3. The number of rotatable bonds is 4. The van der Waals surface area contributed by atoms with E-state index in [2.05, 4.69) is 4.98 Å². The summed E-state index contributed by atoms with van der Waals surface area (Å²) in [7, 11) is 0. The smallest absolute Gasteiger partial charge is 0.332 e. The van der Waals surface area contributed by atoms with Gasteiger partial charge in [-0.15, -0.1) is 0 Å². The number of fused-ring (bicyclic) bond motifs is 1. The highest BCUT2D eigenvalue weighted by Gasteiger charge is 2.36. The Bertz CT molecular complexity index is 709. The lowest BCUT2D eigenvalue weighted by molar-refractivity contribution is -0.151. The van der Waals surface area contributed by atoms with Crippen LogP contribution in [-0.4, -0.2) is 40.7 Å². The lowest BCUT2D eigenvalue weighted by Crippen LogP contribution is -2.39. The molecule has 0 saturated carbocycles. The zero-order valence-corrected chi connectivity index (χ0v) is 12.3. The number of aliphatic carboxylic acids is 1. The van der Waals surface area contributed by atoms with Crippen molar-refractivity contribution in [3.8, 4) is 0 Å². The van der Waals surface area contributed by atoms with Gasteiger partial charge in [-0.2, -0.15) is 0 Å². The molecule has 0 bridgehead atoms. The molecule has 2 heterocycles. The molecule has 22 heavy (non-hydrogen) atoms. The number of nitrogens with zero attached hydrogens (tertiary/aromatic N) is 1. The van der Waals surface area contributed by atoms with Gasteiger partial charge in [0.15, 0.2) is 6.10 Å². The first kappa shape index (κ1) is 14.6. The molecule has 0 radical (unpaired) electrons. The minimum atomic E-state index is -1.01. The van der Waals surface area contributed by atoms with Crippen molar-refractivity contribution < 1.29 is 19.4 Å². The molecule has 0 spiro atoms. The quantitative estimate of drug-likeness (QED) is 0.906. The number of carboxylic acids is 1. The molecule has 1 aliphatic rings. The summed E-state index contributed by atoms with van der Waals surface area (Å²) in [5.74, 6) is -1.19. The second-order valence-electron chi connectivity index (χ2n) is 5.36. The van der Waals surface area contributed by atoms with Crippen molar-refractivity contribution in [2.75, 3.05) is 11.4 Å². The number of hydrogen-bond acceptors (Lipinski definition) is 3. The SMILES string of the molecule is CCN(C(=O)[C@@H]1CC[C@H](C(=O)O)O1)c1ccc2[nH]ccc2c1. The fraction of sp³-hybridized carbons (Fsp3) is 0.375. The summed E-state index contributed by atoms with van der Waals surface area (Å²) in [5, 5.41) is 9.99. The summed E-state index contributed by atoms with van der Waals surface area (Å²) < 4.78 is 5.36. The zero-order chi connectivity index (χ0) is 15.7. The van der Waals surface area contributed by atoms with Crippen LogP contribution in [0.5, 0.6) is 0 Å². The number of likely N-dealkylation sites (N-methyl/N-ethyl adjacent to an activating group) is 1. The van der Waals surface area contributed by atoms with E-state index in [4.69, 9.17) is 9.84 Å². The monoisotopic (exact) mass is 302 g/mol. The molecule has 116 valence electrons. The standard InChI is InChI=1S/C16H18N2O4/c1-2-18(11-3-4-12-10(9-11)7-8-17-12)15(19)13-5-6-14(22-13)16(20)21/h3-4,7-9,13-14,17H,2,5-6H2,1H3,(H,20,21)/t13-,14+/m0/s1. The lowest BCUT2D eigenvalue weighted by Gasteiger charge is -2.24. The van der Waals surface area contributed by atoms with Crippen molar-refractivity contribution in [2.24, 2.45) is 0 Å². The Morgan fingerprint density at radius 2 is 2.09 bits per heavy atom. The molecule has 1 aliphatic heterocycles. The van der Waals surface area contributed by atoms with E-state index in [9.17, 15) is 9.59 Å². The largest absolute Gasteiger partial charge is 0.479 e. The highest BCUT2D eigenvalue weighted by Crippen LogP contribution is 2.26. The number of carbonyl (C=O) groups is 2. The molecule has 3 rings (SSSR count). The normalized spacial score (nSPS) is 21.1. The van der Waals surface area contributed by atoms with E-state index in [1.165, 1.54) is 0 Å². The molecule has 2 atom stereocenters. The summed E-state index contributed by atoms with van der Waals surface area (Å²) in [5.41, 5.74) is 1.80. The van der Waals surface area contributed by atoms with Gasteiger partial charge in [-0.05, 0) is 44.0 Å². The number of benzene rings is 1. The lowest BCUT2D eigenvalue weighted by atomic mass is 10.1. The fourth-order valence-electron chi connectivity index (χ4n) is 2.85. The third kappa shape index (κ3) is 2.57. The second-order valence-corrected chi connectivity index (χ2v) is 5.36. The zero-order valence-electron chi connectivity index (χ0n) is 12.3. The number of ether oxygens (including phenoxy) is 1. The first-order valence-electron chi connectivity index (χ1n) is 7.37. The van der Waals surface area contributed by atoms with E-state index in [-0.39, 0.29) is 5.91 Å². The highest BCUT2D eigenvalue weighted by atomic mass is 16.5. The number of carbonyl (C=O) groups excluding carboxylic acids is 1. The predicted octanol–water partition coefficient (Wildman–Crippen LogP) is 2.15. The number of nitrogens with one attached hydrogen (secondary N) is 1. The van der Waals surface area contributed by atoms with Crippen LogP contribution in [0.25, 0.3) is 10.9 Å². The number of hydrogen-bond donors (Lipinski definition) is 2. The number of anilines is 1. The predicted molar refractivity (Wildman–Crippen MR) is 81.9 cm³/mol. The highest BCUT2D eigenvalue weighted by molar-refractivity contribution is 5.98. The molecule has 0 unspecified atom stereocenters. The van der Waals surface area contributed by atoms with Crippen molar-refractivity contribution in [2.45, 2.75) is 32.0 Å². The van der Waals surface area contributed by atoms with E-state index >= 15 is 0 Å². The number of aromatic nitrogens is 1. The van der Waals surface area contributed by atoms with Crippen molar-refractivity contribution in [3.63, 3.8) is 0 Å². The molecular formula is C16H18N2O4. The molecule has 0 aliphatic carbocycles. The van der Waals surface area contributed by atoms with Crippen molar-refractivity contribution in [1.29, 1.82) is 0 Å². The average Bonchev–Trinajstić information content (AvgIpc) is 3.16. The Labute approximate surface area is 127 Å². The van der Waals surface area contributed by atoms with E-state index < -0.39 is 18.2 Å². The Morgan fingerprint density at radius 3 is 2.77 bits per heavy atom. The molecule has 6 nitrogen and oxygen atoms in total. The van der Waals surface area contributed by atoms with Crippen LogP contribution >= 0.6 is 0 Å². The molecule has 1 aromatic heterocycles. The van der Waals surface area contributed by atoms with Gasteiger partial charge in [-0.25, -0.2) is 4.79 Å². The number of H-pyrrole nitrogens is 1. The topological polar surface area (TPSA) is 82.6 Å². The van der Waals surface area contributed by atoms with Gasteiger partial charge >= 0.3 is 5.97 Å². The third-order valence-corrected chi connectivity index (χ3v) is 4.00. The van der Waals surface area contributed by atoms with Gasteiger partial charge in [-0.1, -0.05) is 0 Å². The Kier molecular flexibility index (Phi) is 3.85. The van der Waals surface area contributed by atoms with Gasteiger partial charge in [0, 0.05) is 29.3 Å². The first-order valence-corrected chi connectivity index (χ1v) is 7.37. The summed E-state index contributed by atoms with van der Waals surface area (Å²) in [6.45, 7) is 2.40. The maximum atomic E-state index is 12.6. The van der Waals surface area contributed by atoms with Crippen molar-refractivity contribution in [1.82, 2.24) is 4.98 Å². The van der Waals surface area contributed by atoms with Crippen LogP contribution in [0.2, 0.25) is 0 Å². The molecular weight excluding hydrogens is 284 g/mol. The Morgan fingerprint density at radius 1 is 1.32 bits per heavy atom. The molecule has 1 fully saturated rings. The van der Waals surface area contributed by atoms with E-state index in [0.717, 1.165) is 16.6 Å². The summed E-state index contributed by atoms with van der Waals surface area (Å²) >= 11 is 0. The van der Waals surface area contributed by atoms with E-state index in [1.54, 1.807) is 4.90 Å². The molecule has 1 aromatic carbocycles. The maximum absolute atomic E-state index is 12.6. The van der Waals surface area contributed by atoms with Gasteiger partial charge in [0.25, 0.3) is 5.91 Å². The van der Waals surface area contributed by atoms with Crippen LogP contribution in [0, 0.1) is 0 Å². The van der Waals surface area contributed by atoms with E-state index in [1.807, 2.05) is 37.4 Å². The molecule has 1 saturated heterocycles. The number of amides is 1. The van der Waals surface area contributed by atoms with Gasteiger partial charge < -0.3 is 19.7 Å². The second kappa shape index (κ2) is 5.81. The van der Waals surface area contributed by atoms with Crippen molar-refractivity contribution in [3.05, 3.63) is 30.5 Å². The van der Waals surface area contributed by atoms with Crippen LogP contribution in [0.1, 0.15) is 19.8 Å². The molecule has 1 amide bonds. The Hall–Kier alpha value is -2.34. The first-order chi connectivity index (χ1) is 10.6. The maximum Gasteiger partial charge on any atom is 0.332 e. The third-order valence-electron chi connectivity index (χ3n) is 4.00. The van der Waals surface area contributed by atoms with Crippen LogP contribution in [-0.2, 0) is 14.3 Å². The Balaban J connectivity index is 1.81. The minimum absolute atomic E-state index is 0.180. The van der Waals surface area contributed by atoms with Gasteiger partial charge in [0.1, 0.15) is 6.10 Å². The van der Waals surface area contributed by atoms with Gasteiger partial charge in [0.2, 0.25) is 0 Å². The van der Waals surface area contributed by atoms with Crippen molar-refractivity contribution >= 4 is 28.5 Å². The van der Waals surface area contributed by atoms with E-state index in [0.29, 0.717) is 19.4 Å². The summed E-state index contributed by atoms with van der Waals surface area (Å²) in [6, 6.07) is 7.70. The number of carboxylic acid groups (broad SMARTS) is 1. The van der Waals surface area contributed by atoms with Crippen LogP contribution in [0.15, 0.2) is 30.5 Å². The van der Waals surface area contributed by atoms with Crippen LogP contribution < -0.4 is 4.90 Å². The van der Waals surface area contributed by atoms with Gasteiger partial charge in [-0.3, -0.25) is 4.79 Å². The molecule has 2 N–H and O–H groups in total. The summed E-state index contributed by atoms with van der Waals surface area (Å²) in [6.07, 6.45) is 1.12. The van der Waals surface area contributed by atoms with Crippen LogP contribution in [0.3, 0.4) is 0 Å². The molecule has 6 heteroatoms. The average molecular weight is 302 g/mol. The van der Waals surface area contributed by atoms with Crippen LogP contribution in [0.4, 0.5) is 5.69 Å². The minimum Gasteiger partial charge on any atom is -0.479 e. The molecule has 2 aromatic rings.